The van der Waals surface area contributed by atoms with Crippen molar-refractivity contribution in [1.82, 2.24) is 10.3 Å². The van der Waals surface area contributed by atoms with Crippen molar-refractivity contribution in [3.05, 3.63) is 70.3 Å². The van der Waals surface area contributed by atoms with Gasteiger partial charge < -0.3 is 15.0 Å². The first-order valence-corrected chi connectivity index (χ1v) is 9.53. The average Bonchev–Trinajstić information content (AvgIpc) is 3.09. The van der Waals surface area contributed by atoms with Gasteiger partial charge in [0.1, 0.15) is 6.04 Å². The van der Waals surface area contributed by atoms with Crippen molar-refractivity contribution in [2.24, 2.45) is 0 Å². The molecule has 1 heterocycles. The van der Waals surface area contributed by atoms with E-state index in [-0.39, 0.29) is 5.91 Å². The molecular weight excluding hydrogens is 408 g/mol. The molecule has 3 rings (SSSR count). The minimum atomic E-state index is -0.721. The third kappa shape index (κ3) is 4.77. The number of fused-ring (bicyclic) bond motifs is 1. The van der Waals surface area contributed by atoms with Crippen molar-refractivity contribution in [3.63, 3.8) is 0 Å². The Kier molecular flexibility index (Phi) is 6.29. The van der Waals surface area contributed by atoms with E-state index in [1.54, 1.807) is 0 Å². The van der Waals surface area contributed by atoms with Gasteiger partial charge in [-0.15, -0.1) is 0 Å². The highest BCUT2D eigenvalue weighted by molar-refractivity contribution is 9.10. The van der Waals surface area contributed by atoms with Crippen LogP contribution < -0.4 is 5.32 Å². The fourth-order valence-corrected chi connectivity index (χ4v) is 3.55. The van der Waals surface area contributed by atoms with Crippen LogP contribution in [0.2, 0.25) is 0 Å². The first-order chi connectivity index (χ1) is 13.1. The number of hydrogen-bond acceptors (Lipinski definition) is 3. The summed E-state index contributed by atoms with van der Waals surface area (Å²) in [5.74, 6) is -0.629. The van der Waals surface area contributed by atoms with Gasteiger partial charge in [-0.2, -0.15) is 0 Å². The molecule has 0 spiro atoms. The number of carbonyl (C=O) groups excluding carboxylic acids is 2. The Morgan fingerprint density at radius 2 is 1.85 bits per heavy atom. The maximum atomic E-state index is 12.4. The molecule has 27 heavy (non-hydrogen) atoms. The third-order valence-electron chi connectivity index (χ3n) is 4.50. The SMILES string of the molecule is COC(=O)[C@@H](Cc1c[nH]c2ccccc12)NC(=O)CCc1ccccc1Br. The number of hydrogen-bond donors (Lipinski definition) is 2. The number of benzene rings is 2. The Morgan fingerprint density at radius 3 is 2.63 bits per heavy atom. The van der Waals surface area contributed by atoms with Gasteiger partial charge >= 0.3 is 5.97 Å². The number of rotatable bonds is 7. The number of aromatic nitrogens is 1. The van der Waals surface area contributed by atoms with Crippen LogP contribution in [-0.2, 0) is 27.2 Å². The van der Waals surface area contributed by atoms with Crippen LogP contribution in [0.25, 0.3) is 10.9 Å². The van der Waals surface area contributed by atoms with Crippen LogP contribution in [0.3, 0.4) is 0 Å². The van der Waals surface area contributed by atoms with Crippen LogP contribution in [0.1, 0.15) is 17.5 Å². The van der Waals surface area contributed by atoms with Crippen LogP contribution in [-0.4, -0.2) is 30.0 Å². The van der Waals surface area contributed by atoms with E-state index < -0.39 is 12.0 Å². The maximum absolute atomic E-state index is 12.4. The highest BCUT2D eigenvalue weighted by Gasteiger charge is 2.23. The zero-order chi connectivity index (χ0) is 19.2. The Labute approximate surface area is 166 Å². The van der Waals surface area contributed by atoms with E-state index in [1.807, 2.05) is 54.7 Å². The summed E-state index contributed by atoms with van der Waals surface area (Å²) in [5.41, 5.74) is 3.02. The number of aryl methyl sites for hydroxylation is 1. The maximum Gasteiger partial charge on any atom is 0.328 e. The number of ether oxygens (including phenoxy) is 1. The van der Waals surface area contributed by atoms with Crippen molar-refractivity contribution in [3.8, 4) is 0 Å². The van der Waals surface area contributed by atoms with Crippen molar-refractivity contribution in [2.45, 2.75) is 25.3 Å². The summed E-state index contributed by atoms with van der Waals surface area (Å²) in [5, 5.41) is 3.85. The molecule has 6 heteroatoms. The van der Waals surface area contributed by atoms with Gasteiger partial charge in [-0.05, 0) is 29.7 Å². The lowest BCUT2D eigenvalue weighted by Crippen LogP contribution is -2.43. The van der Waals surface area contributed by atoms with E-state index in [2.05, 4.69) is 26.2 Å². The minimum Gasteiger partial charge on any atom is -0.467 e. The van der Waals surface area contributed by atoms with Crippen molar-refractivity contribution in [1.29, 1.82) is 0 Å². The van der Waals surface area contributed by atoms with E-state index >= 15 is 0 Å². The Bertz CT molecular complexity index is 951. The van der Waals surface area contributed by atoms with E-state index in [4.69, 9.17) is 4.74 Å². The summed E-state index contributed by atoms with van der Waals surface area (Å²) in [6.45, 7) is 0. The summed E-state index contributed by atoms with van der Waals surface area (Å²) in [7, 11) is 1.33. The molecule has 2 aromatic carbocycles. The van der Waals surface area contributed by atoms with Gasteiger partial charge in [0.25, 0.3) is 0 Å². The summed E-state index contributed by atoms with van der Waals surface area (Å²) in [6, 6.07) is 14.9. The van der Waals surface area contributed by atoms with Gasteiger partial charge in [-0.25, -0.2) is 4.79 Å². The van der Waals surface area contributed by atoms with Crippen molar-refractivity contribution >= 4 is 38.7 Å². The van der Waals surface area contributed by atoms with Crippen LogP contribution in [0.4, 0.5) is 0 Å². The third-order valence-corrected chi connectivity index (χ3v) is 5.27. The summed E-state index contributed by atoms with van der Waals surface area (Å²) >= 11 is 3.49. The summed E-state index contributed by atoms with van der Waals surface area (Å²) in [4.78, 5) is 27.8. The number of aromatic amines is 1. The first-order valence-electron chi connectivity index (χ1n) is 8.74. The predicted octanol–water partition coefficient (Wildman–Crippen LogP) is 3.76. The second-order valence-electron chi connectivity index (χ2n) is 6.30. The quantitative estimate of drug-likeness (QED) is 0.562. The molecule has 0 aliphatic carbocycles. The van der Waals surface area contributed by atoms with E-state index in [0.717, 1.165) is 26.5 Å². The number of H-pyrrole nitrogens is 1. The summed E-state index contributed by atoms with van der Waals surface area (Å²) in [6.07, 6.45) is 3.13. The highest BCUT2D eigenvalue weighted by atomic mass is 79.9. The van der Waals surface area contributed by atoms with E-state index in [9.17, 15) is 9.59 Å². The number of esters is 1. The smallest absolute Gasteiger partial charge is 0.328 e. The molecule has 2 N–H and O–H groups in total. The molecule has 1 amide bonds. The molecule has 140 valence electrons. The second kappa shape index (κ2) is 8.86. The lowest BCUT2D eigenvalue weighted by molar-refractivity contribution is -0.145. The number of carbonyl (C=O) groups is 2. The first kappa shape index (κ1) is 19.2. The minimum absolute atomic E-state index is 0.180. The van der Waals surface area contributed by atoms with Crippen LogP contribution in [0.5, 0.6) is 0 Å². The zero-order valence-corrected chi connectivity index (χ0v) is 16.6. The second-order valence-corrected chi connectivity index (χ2v) is 7.15. The van der Waals surface area contributed by atoms with Crippen molar-refractivity contribution in [2.75, 3.05) is 7.11 Å². The Hall–Kier alpha value is -2.60. The number of amides is 1. The Morgan fingerprint density at radius 1 is 1.11 bits per heavy atom. The highest BCUT2D eigenvalue weighted by Crippen LogP contribution is 2.20. The molecule has 0 saturated heterocycles. The molecule has 0 fully saturated rings. The topological polar surface area (TPSA) is 71.2 Å². The lowest BCUT2D eigenvalue weighted by Gasteiger charge is -2.16. The van der Waals surface area contributed by atoms with Gasteiger partial charge in [0, 0.05) is 34.4 Å². The monoisotopic (exact) mass is 428 g/mol. The van der Waals surface area contributed by atoms with Gasteiger partial charge in [0.2, 0.25) is 5.91 Å². The molecule has 0 aliphatic rings. The largest absolute Gasteiger partial charge is 0.467 e. The molecule has 5 nitrogen and oxygen atoms in total. The molecule has 0 bridgehead atoms. The normalized spacial score (nSPS) is 11.9. The van der Waals surface area contributed by atoms with Gasteiger partial charge in [0.05, 0.1) is 7.11 Å². The van der Waals surface area contributed by atoms with Gasteiger partial charge in [-0.1, -0.05) is 52.3 Å². The standard InChI is InChI=1S/C21H21BrN2O3/c1-27-21(26)19(12-15-13-23-18-9-5-3-7-16(15)18)24-20(25)11-10-14-6-2-4-8-17(14)22/h2-9,13,19,23H,10-12H2,1H3,(H,24,25)/t19-/m1/s1. The van der Waals surface area contributed by atoms with Gasteiger partial charge in [0.15, 0.2) is 0 Å². The van der Waals surface area contributed by atoms with Gasteiger partial charge in [-0.3, -0.25) is 4.79 Å². The molecule has 1 atom stereocenters. The van der Waals surface area contributed by atoms with Crippen LogP contribution in [0, 0.1) is 0 Å². The molecule has 1 aromatic heterocycles. The molecule has 0 saturated carbocycles. The number of nitrogens with one attached hydrogen (secondary N) is 2. The van der Waals surface area contributed by atoms with E-state index in [0.29, 0.717) is 19.3 Å². The number of para-hydroxylation sites is 1. The molecule has 0 unspecified atom stereocenters. The summed E-state index contributed by atoms with van der Waals surface area (Å²) < 4.78 is 5.86. The fraction of sp³-hybridized carbons (Fsp3) is 0.238. The predicted molar refractivity (Wildman–Crippen MR) is 108 cm³/mol. The molecule has 0 radical (unpaired) electrons. The molecule has 3 aromatic rings. The molecular formula is C21H21BrN2O3. The fourth-order valence-electron chi connectivity index (χ4n) is 3.07. The zero-order valence-electron chi connectivity index (χ0n) is 15.0. The van der Waals surface area contributed by atoms with E-state index in [1.165, 1.54) is 7.11 Å². The number of methoxy groups -OCH3 is 1. The van der Waals surface area contributed by atoms with Crippen molar-refractivity contribution < 1.29 is 14.3 Å². The van der Waals surface area contributed by atoms with Crippen LogP contribution >= 0.6 is 15.9 Å². The average molecular weight is 429 g/mol. The lowest BCUT2D eigenvalue weighted by atomic mass is 10.0. The van der Waals surface area contributed by atoms with Crippen LogP contribution in [0.15, 0.2) is 59.2 Å². The Balaban J connectivity index is 1.67. The number of halogens is 1. The molecule has 0 aliphatic heterocycles.